The van der Waals surface area contributed by atoms with Crippen LogP contribution in [0.15, 0.2) is 23.8 Å². The number of rotatable bonds is 0. The van der Waals surface area contributed by atoms with Crippen LogP contribution < -0.4 is 0 Å². The van der Waals surface area contributed by atoms with Crippen molar-refractivity contribution >= 4 is 0 Å². The fourth-order valence-electron chi connectivity index (χ4n) is 3.86. The Morgan fingerprint density at radius 3 is 3.23 bits per heavy atom. The lowest BCUT2D eigenvalue weighted by molar-refractivity contribution is 0.0944. The molecule has 4 rings (SSSR count). The molecule has 0 aromatic heterocycles. The lowest BCUT2D eigenvalue weighted by Crippen LogP contribution is -2.21. The first-order chi connectivity index (χ1) is 6.43. The second kappa shape index (κ2) is 2.09. The molecule has 1 heteroatoms. The molecule has 0 aromatic rings. The van der Waals surface area contributed by atoms with Gasteiger partial charge in [-0.15, -0.1) is 0 Å². The fraction of sp³-hybridized carbons (Fsp3) is 0.667. The minimum atomic E-state index is 0.376. The minimum absolute atomic E-state index is 0.376. The van der Waals surface area contributed by atoms with Crippen LogP contribution >= 0.6 is 0 Å². The molecule has 5 atom stereocenters. The summed E-state index contributed by atoms with van der Waals surface area (Å²) < 4.78 is 5.87. The van der Waals surface area contributed by atoms with E-state index in [1.165, 1.54) is 19.3 Å². The third-order valence-corrected chi connectivity index (χ3v) is 4.34. The van der Waals surface area contributed by atoms with Crippen LogP contribution in [0.2, 0.25) is 0 Å². The maximum Gasteiger partial charge on any atom is 0.0980 e. The summed E-state index contributed by atoms with van der Waals surface area (Å²) in [7, 11) is 0. The van der Waals surface area contributed by atoms with Crippen molar-refractivity contribution < 1.29 is 4.74 Å². The molecule has 68 valence electrons. The zero-order valence-corrected chi connectivity index (χ0v) is 7.65. The molecule has 2 fully saturated rings. The van der Waals surface area contributed by atoms with E-state index in [-0.39, 0.29) is 0 Å². The maximum absolute atomic E-state index is 5.87. The van der Waals surface area contributed by atoms with E-state index in [9.17, 15) is 0 Å². The highest BCUT2D eigenvalue weighted by atomic mass is 16.5. The highest BCUT2D eigenvalue weighted by molar-refractivity contribution is 5.37. The summed E-state index contributed by atoms with van der Waals surface area (Å²) in [6.45, 7) is 0. The Hall–Kier alpha value is -0.560. The summed E-state index contributed by atoms with van der Waals surface area (Å²) >= 11 is 0. The van der Waals surface area contributed by atoms with Crippen LogP contribution in [0, 0.1) is 17.8 Å². The Bertz CT molecular complexity index is 315. The van der Waals surface area contributed by atoms with Gasteiger partial charge in [-0.1, -0.05) is 24.6 Å². The third kappa shape index (κ3) is 0.690. The van der Waals surface area contributed by atoms with E-state index in [2.05, 4.69) is 18.2 Å². The molecule has 4 aliphatic rings. The molecule has 2 heterocycles. The third-order valence-electron chi connectivity index (χ3n) is 4.34. The largest absolute Gasteiger partial charge is 0.362 e. The van der Waals surface area contributed by atoms with Crippen LogP contribution in [0.4, 0.5) is 0 Å². The van der Waals surface area contributed by atoms with Gasteiger partial charge < -0.3 is 4.74 Å². The molecular formula is C12H14O. The normalized spacial score (nSPS) is 55.4. The molecule has 1 saturated carbocycles. The Kier molecular flexibility index (Phi) is 1.10. The Morgan fingerprint density at radius 2 is 2.23 bits per heavy atom. The number of hydrogen-bond acceptors (Lipinski definition) is 1. The first kappa shape index (κ1) is 6.83. The van der Waals surface area contributed by atoms with Crippen molar-refractivity contribution in [2.75, 3.05) is 0 Å². The Balaban J connectivity index is 1.81. The molecule has 13 heavy (non-hydrogen) atoms. The standard InChI is InChI=1S/C12H14O/c1-2-7-6-9-10-4-5-11(13-10)12(9)8(7)3-1/h4-8,10-12H,1-3H2/t7-,8-,10-,11+,12+/m1/s1. The van der Waals surface area contributed by atoms with Crippen LogP contribution in [0.25, 0.3) is 0 Å². The SMILES string of the molecule is C1=C[C@H]2O[C@@H]1[C@@H]1C2=C[C@H]2CCC[C@@H]12. The summed E-state index contributed by atoms with van der Waals surface area (Å²) in [6, 6.07) is 0. The molecule has 0 unspecified atom stereocenters. The van der Waals surface area contributed by atoms with E-state index in [0.717, 1.165) is 17.8 Å². The monoisotopic (exact) mass is 174 g/mol. The van der Waals surface area contributed by atoms with Crippen molar-refractivity contribution in [3.8, 4) is 0 Å². The van der Waals surface area contributed by atoms with Gasteiger partial charge in [0.2, 0.25) is 0 Å². The van der Waals surface area contributed by atoms with E-state index in [0.29, 0.717) is 12.2 Å². The van der Waals surface area contributed by atoms with Crippen LogP contribution in [0.1, 0.15) is 19.3 Å². The topological polar surface area (TPSA) is 9.23 Å². The highest BCUT2D eigenvalue weighted by Gasteiger charge is 2.51. The van der Waals surface area contributed by atoms with Gasteiger partial charge in [0.25, 0.3) is 0 Å². The predicted octanol–water partition coefficient (Wildman–Crippen LogP) is 2.30. The molecule has 2 aliphatic heterocycles. The van der Waals surface area contributed by atoms with Gasteiger partial charge in [-0.05, 0) is 30.3 Å². The van der Waals surface area contributed by atoms with Gasteiger partial charge in [-0.2, -0.15) is 0 Å². The quantitative estimate of drug-likeness (QED) is 0.512. The van der Waals surface area contributed by atoms with E-state index in [1.54, 1.807) is 5.57 Å². The molecule has 0 spiro atoms. The van der Waals surface area contributed by atoms with Gasteiger partial charge in [-0.25, -0.2) is 0 Å². The minimum Gasteiger partial charge on any atom is -0.362 e. The van der Waals surface area contributed by atoms with Crippen LogP contribution in [-0.2, 0) is 4.74 Å². The average molecular weight is 174 g/mol. The molecule has 1 saturated heterocycles. The molecule has 0 N–H and O–H groups in total. The maximum atomic E-state index is 5.87. The van der Waals surface area contributed by atoms with Crippen LogP contribution in [0.5, 0.6) is 0 Å². The van der Waals surface area contributed by atoms with Gasteiger partial charge in [0.1, 0.15) is 0 Å². The van der Waals surface area contributed by atoms with E-state index in [4.69, 9.17) is 4.74 Å². The number of hydrogen-bond donors (Lipinski definition) is 0. The van der Waals surface area contributed by atoms with Gasteiger partial charge in [0, 0.05) is 5.92 Å². The molecule has 1 nitrogen and oxygen atoms in total. The molecule has 0 aromatic carbocycles. The Morgan fingerprint density at radius 1 is 1.23 bits per heavy atom. The zero-order chi connectivity index (χ0) is 8.41. The number of ether oxygens (including phenoxy) is 1. The molecule has 2 bridgehead atoms. The van der Waals surface area contributed by atoms with E-state index >= 15 is 0 Å². The molecular weight excluding hydrogens is 160 g/mol. The highest BCUT2D eigenvalue weighted by Crippen LogP contribution is 2.55. The van der Waals surface area contributed by atoms with Gasteiger partial charge in [-0.3, -0.25) is 0 Å². The Labute approximate surface area is 78.5 Å². The second-order valence-electron chi connectivity index (χ2n) is 4.86. The van der Waals surface area contributed by atoms with Crippen molar-refractivity contribution in [1.82, 2.24) is 0 Å². The summed E-state index contributed by atoms with van der Waals surface area (Å²) in [6.07, 6.45) is 12.2. The summed E-state index contributed by atoms with van der Waals surface area (Å²) in [5.74, 6) is 2.63. The van der Waals surface area contributed by atoms with Gasteiger partial charge >= 0.3 is 0 Å². The van der Waals surface area contributed by atoms with Crippen molar-refractivity contribution in [3.63, 3.8) is 0 Å². The van der Waals surface area contributed by atoms with Crippen molar-refractivity contribution in [1.29, 1.82) is 0 Å². The van der Waals surface area contributed by atoms with Crippen LogP contribution in [0.3, 0.4) is 0 Å². The molecule has 0 radical (unpaired) electrons. The zero-order valence-electron chi connectivity index (χ0n) is 7.65. The van der Waals surface area contributed by atoms with E-state index < -0.39 is 0 Å². The number of allylic oxidation sites excluding steroid dienone is 1. The molecule has 2 aliphatic carbocycles. The van der Waals surface area contributed by atoms with Crippen LogP contribution in [-0.4, -0.2) is 12.2 Å². The lowest BCUT2D eigenvalue weighted by Gasteiger charge is -2.21. The summed E-state index contributed by atoms with van der Waals surface area (Å²) in [4.78, 5) is 0. The lowest BCUT2D eigenvalue weighted by atomic mass is 9.82. The molecule has 0 amide bonds. The van der Waals surface area contributed by atoms with E-state index in [1.807, 2.05) is 0 Å². The number of fused-ring (bicyclic) bond motifs is 7. The fourth-order valence-corrected chi connectivity index (χ4v) is 3.86. The summed E-state index contributed by atoms with van der Waals surface area (Å²) in [5, 5.41) is 0. The van der Waals surface area contributed by atoms with Gasteiger partial charge in [0.05, 0.1) is 12.2 Å². The van der Waals surface area contributed by atoms with Crippen molar-refractivity contribution in [2.45, 2.75) is 31.5 Å². The second-order valence-corrected chi connectivity index (χ2v) is 4.86. The van der Waals surface area contributed by atoms with Crippen molar-refractivity contribution in [3.05, 3.63) is 23.8 Å². The average Bonchev–Trinajstić information content (AvgIpc) is 2.79. The van der Waals surface area contributed by atoms with Crippen molar-refractivity contribution in [2.24, 2.45) is 17.8 Å². The smallest absolute Gasteiger partial charge is 0.0980 e. The van der Waals surface area contributed by atoms with Gasteiger partial charge in [0.15, 0.2) is 0 Å². The summed E-state index contributed by atoms with van der Waals surface area (Å²) in [5.41, 5.74) is 1.63. The first-order valence-electron chi connectivity index (χ1n) is 5.49. The predicted molar refractivity (Wildman–Crippen MR) is 50.2 cm³/mol. The first-order valence-corrected chi connectivity index (χ1v) is 5.49.